The lowest BCUT2D eigenvalue weighted by molar-refractivity contribution is -0.277. The maximum absolute atomic E-state index is 13.0. The van der Waals surface area contributed by atoms with Gasteiger partial charge in [-0.2, -0.15) is 0 Å². The van der Waals surface area contributed by atoms with Crippen LogP contribution in [0.3, 0.4) is 0 Å². The molecule has 2 aromatic carbocycles. The fourth-order valence-electron chi connectivity index (χ4n) is 11.1. The summed E-state index contributed by atoms with van der Waals surface area (Å²) in [5.41, 5.74) is -0.371. The number of esters is 2. The van der Waals surface area contributed by atoms with Crippen LogP contribution in [0.1, 0.15) is 124 Å². The summed E-state index contributed by atoms with van der Waals surface area (Å²) in [6.45, 7) is 12.7. The molecule has 2 aromatic rings. The molecule has 0 aromatic heterocycles. The summed E-state index contributed by atoms with van der Waals surface area (Å²) in [5, 5.41) is 96.3. The molecule has 1 aliphatic carbocycles. The molecule has 2 fully saturated rings. The van der Waals surface area contributed by atoms with Crippen molar-refractivity contribution in [1.29, 1.82) is 0 Å². The second-order valence-electron chi connectivity index (χ2n) is 30.2. The van der Waals surface area contributed by atoms with Gasteiger partial charge in [0.25, 0.3) is 11.8 Å². The van der Waals surface area contributed by atoms with Gasteiger partial charge in [-0.3, -0.25) is 67.2 Å². The van der Waals surface area contributed by atoms with Crippen molar-refractivity contribution in [3.8, 4) is 11.5 Å². The monoisotopic (exact) mass is 1750 g/mol. The van der Waals surface area contributed by atoms with E-state index in [4.69, 9.17) is 64.7 Å². The Hall–Kier alpha value is -9.55. The largest absolute Gasteiger partial charge is 0.460 e. The van der Waals surface area contributed by atoms with Gasteiger partial charge < -0.3 is 125 Å². The summed E-state index contributed by atoms with van der Waals surface area (Å²) in [7, 11) is -3.11. The molecule has 3 aliphatic heterocycles. The standard InChI is InChI=1S/C48H72N4O20.C31H43N3O12.O3S/c1-30(25-32(54)12-16-65-19-21-67-23-24-68-22-20-66-17-14-50-39(57)10-6-33-35(55)7-8-36(33)56)45(63)51-15-18-69-29-41(59)49-13-11-40(58)52-34-26-31(28-70-47(64)48(2,3)4)5-9-37(34)71-46-44(62)43(61)42(60)38(27-53)72-46;1-31(2,3)30(43)44-17-18-8-9-20(45-29-28(42)27(41)26(40)21(16-35)46-29)19(15-18)33-23(37)12-13-32-22(36)7-5-4-6-14-34-24(38)10-11-25(34)39;1-4(2)3/h5,7-9,26,30,33,38,42-44,46,53,60-62H,6,10-25,27-29H2,1-4H3,(H,49,59)(H,50,57)(H,51,63)(H,52,58);8-11,15,21,26-29,35,40-42H,4-7,12-14,16-17H2,1-3H3,(H,32,36)(H,33,37);/t30-,38+,42-,43-,44+,46+;21-,26+,27+,28-,29-;/m01./s1. The number of benzene rings is 2. The van der Waals surface area contributed by atoms with E-state index >= 15 is 0 Å². The van der Waals surface area contributed by atoms with Gasteiger partial charge in [0, 0.05) is 89.3 Å². The Balaban J connectivity index is 0.000000534. The number of Topliss-reactive ketones (excluding diaryl/α,β-unsaturated/α-hetero) is 1. The lowest BCUT2D eigenvalue weighted by atomic mass is 9.97. The maximum atomic E-state index is 13.0. The Morgan fingerprint density at radius 2 is 0.893 bits per heavy atom. The number of allylic oxidation sites excluding steroid dienone is 2. The number of rotatable bonds is 50. The number of ether oxygens (including phenoxy) is 11. The van der Waals surface area contributed by atoms with Crippen molar-refractivity contribution in [1.82, 2.24) is 26.2 Å². The molecule has 43 heteroatoms. The highest BCUT2D eigenvalue weighted by molar-refractivity contribution is 7.59. The Bertz CT molecular complexity index is 3920. The molecule has 8 amide bonds. The van der Waals surface area contributed by atoms with Gasteiger partial charge in [0.1, 0.15) is 85.9 Å². The van der Waals surface area contributed by atoms with E-state index in [0.29, 0.717) is 70.0 Å². The zero-order valence-corrected chi connectivity index (χ0v) is 70.0. The van der Waals surface area contributed by atoms with Crippen LogP contribution in [0.25, 0.3) is 0 Å². The number of ketones is 3. The number of hydrogen-bond acceptors (Lipinski definition) is 35. The number of imide groups is 1. The Morgan fingerprint density at radius 3 is 1.35 bits per heavy atom. The zero-order valence-electron chi connectivity index (χ0n) is 69.2. The van der Waals surface area contributed by atoms with Crippen LogP contribution in [0.5, 0.6) is 11.5 Å². The summed E-state index contributed by atoms with van der Waals surface area (Å²) in [6.07, 6.45) is -8.59. The van der Waals surface area contributed by atoms with Crippen LogP contribution in [0.4, 0.5) is 11.4 Å². The average molecular weight is 1750 g/mol. The third-order valence-corrected chi connectivity index (χ3v) is 18.0. The second kappa shape index (κ2) is 54.8. The molecule has 0 radical (unpaired) electrons. The first-order valence-electron chi connectivity index (χ1n) is 39.4. The molecule has 682 valence electrons. The van der Waals surface area contributed by atoms with E-state index < -0.39 is 138 Å². The third-order valence-electron chi connectivity index (χ3n) is 18.0. The van der Waals surface area contributed by atoms with Crippen LogP contribution in [0.15, 0.2) is 60.7 Å². The number of aliphatic hydroxyl groups excluding tert-OH is 8. The van der Waals surface area contributed by atoms with Crippen LogP contribution in [-0.4, -0.2) is 308 Å². The van der Waals surface area contributed by atoms with Crippen molar-refractivity contribution in [2.24, 2.45) is 22.7 Å². The maximum Gasteiger partial charge on any atom is 0.425 e. The highest BCUT2D eigenvalue weighted by Gasteiger charge is 2.47. The number of aliphatic hydroxyl groups is 8. The first kappa shape index (κ1) is 105. The number of hydrogen-bond donors (Lipinski definition) is 14. The highest BCUT2D eigenvalue weighted by atomic mass is 32.2. The van der Waals surface area contributed by atoms with Gasteiger partial charge in [-0.15, -0.1) is 12.6 Å². The number of nitrogens with zero attached hydrogens (tertiary/aromatic N) is 1. The van der Waals surface area contributed by atoms with Crippen molar-refractivity contribution in [3.05, 3.63) is 71.8 Å². The summed E-state index contributed by atoms with van der Waals surface area (Å²) < 4.78 is 85.5. The summed E-state index contributed by atoms with van der Waals surface area (Å²) in [5.74, 6) is -6.15. The van der Waals surface area contributed by atoms with E-state index in [1.54, 1.807) is 54.5 Å². The predicted molar refractivity (Wildman–Crippen MR) is 422 cm³/mol. The van der Waals surface area contributed by atoms with Crippen molar-refractivity contribution in [2.75, 3.05) is 123 Å². The number of carbonyl (C=O) groups is 13. The molecule has 14 N–H and O–H groups in total. The molecule has 6 rings (SSSR count). The van der Waals surface area contributed by atoms with Gasteiger partial charge in [-0.25, -0.2) is 0 Å². The minimum absolute atomic E-state index is 0.00424. The Labute approximate surface area is 705 Å². The molecule has 0 unspecified atom stereocenters. The molecule has 0 spiro atoms. The summed E-state index contributed by atoms with van der Waals surface area (Å²) in [6, 6.07) is 8.89. The van der Waals surface area contributed by atoms with E-state index in [1.165, 1.54) is 54.6 Å². The van der Waals surface area contributed by atoms with E-state index in [0.717, 1.165) is 4.90 Å². The molecule has 42 nitrogen and oxygen atoms in total. The normalized spacial score (nSPS) is 20.3. The van der Waals surface area contributed by atoms with Gasteiger partial charge in [0.15, 0.2) is 11.6 Å². The Kier molecular flexibility index (Phi) is 47.1. The second-order valence-corrected chi connectivity index (χ2v) is 30.6. The van der Waals surface area contributed by atoms with Crippen LogP contribution in [-0.2, 0) is 129 Å². The van der Waals surface area contributed by atoms with Gasteiger partial charge in [-0.1, -0.05) is 25.5 Å². The molecule has 3 heterocycles. The highest BCUT2D eigenvalue weighted by Crippen LogP contribution is 2.34. The van der Waals surface area contributed by atoms with Crippen molar-refractivity contribution < 1.29 is 168 Å². The Morgan fingerprint density at radius 1 is 0.475 bits per heavy atom. The molecule has 4 aliphatic rings. The molecule has 0 bridgehead atoms. The van der Waals surface area contributed by atoms with Crippen molar-refractivity contribution in [2.45, 2.75) is 187 Å². The van der Waals surface area contributed by atoms with Crippen LogP contribution < -0.4 is 41.4 Å². The lowest BCUT2D eigenvalue weighted by Crippen LogP contribution is -2.60. The van der Waals surface area contributed by atoms with Gasteiger partial charge in [-0.05, 0) is 108 Å². The van der Waals surface area contributed by atoms with Crippen LogP contribution in [0.2, 0.25) is 0 Å². The minimum atomic E-state index is -3.11. The van der Waals surface area contributed by atoms with E-state index in [-0.39, 0.29) is 187 Å². The van der Waals surface area contributed by atoms with E-state index in [9.17, 15) is 103 Å². The fourth-order valence-corrected chi connectivity index (χ4v) is 11.1. The van der Waals surface area contributed by atoms with Crippen LogP contribution in [0, 0.1) is 22.7 Å². The van der Waals surface area contributed by atoms with Crippen molar-refractivity contribution >= 4 is 98.5 Å². The number of unbranched alkanes of at least 4 members (excludes halogenated alkanes) is 2. The molecular formula is C79H115N7O35S. The van der Waals surface area contributed by atoms with Gasteiger partial charge >= 0.3 is 22.5 Å². The molecule has 122 heavy (non-hydrogen) atoms. The number of amides is 8. The SMILES string of the molecule is CC(C)(C)C(=O)OCc1ccc(O[C@@H]2O[C@H](CO)[C@H](O)[C@H](O)[C@H]2O)c(NC(=O)CCNC(=O)CCCCCN2C(=O)C=CC2=O)c1.C[C@@H](CC(=O)CCOCCOCCOCCOCCNC(=O)CCC1C(=O)C=CC1=O)C(=O)NCCOCC(=O)NCCC(=O)Nc1cc(COC(=O)C(C)(C)C)ccc1O[C@@H]1O[C@H](CO)[C@H](O)[C@H](O)[C@H]1O.O=S(=O)=O. The average Bonchev–Trinajstić information content (AvgIpc) is 1.62. The third kappa shape index (κ3) is 39.3. The van der Waals surface area contributed by atoms with Crippen molar-refractivity contribution in [3.63, 3.8) is 0 Å². The zero-order chi connectivity index (χ0) is 90.7. The van der Waals surface area contributed by atoms with Gasteiger partial charge in [0.05, 0.1) is 101 Å². The minimum Gasteiger partial charge on any atom is -0.460 e. The van der Waals surface area contributed by atoms with Crippen LogP contribution >= 0.6 is 0 Å². The quantitative estimate of drug-likeness (QED) is 0.0143. The number of anilines is 2. The molecular weight excluding hydrogens is 1640 g/mol. The lowest BCUT2D eigenvalue weighted by Gasteiger charge is -2.39. The first-order valence-corrected chi connectivity index (χ1v) is 40.4. The van der Waals surface area contributed by atoms with Gasteiger partial charge in [0.2, 0.25) is 48.0 Å². The summed E-state index contributed by atoms with van der Waals surface area (Å²) >= 11 is 0. The number of nitrogens with one attached hydrogen (secondary N) is 6. The van der Waals surface area contributed by atoms with E-state index in [2.05, 4.69) is 31.9 Å². The summed E-state index contributed by atoms with van der Waals surface area (Å²) in [4.78, 5) is 159. The number of carbonyl (C=O) groups excluding carboxylic acids is 13. The molecule has 2 saturated heterocycles. The molecule has 11 atom stereocenters. The fraction of sp³-hybridized carbons (Fsp3) is 0.633. The smallest absolute Gasteiger partial charge is 0.425 e. The molecule has 0 saturated carbocycles. The van der Waals surface area contributed by atoms with E-state index in [1.807, 2.05) is 0 Å². The first-order chi connectivity index (χ1) is 57.7. The predicted octanol–water partition coefficient (Wildman–Crippen LogP) is -2.31. The topological polar surface area (TPSA) is 612 Å².